The van der Waals surface area contributed by atoms with E-state index in [1.165, 1.54) is 0 Å². The molecule has 2 fully saturated rings. The summed E-state index contributed by atoms with van der Waals surface area (Å²) in [6.07, 6.45) is 3.34. The number of β-amino-alcohol motifs (C(OH)–C–C–N with tert-alkyl or cyclic N) is 1. The van der Waals surface area contributed by atoms with Gasteiger partial charge in [0.1, 0.15) is 0 Å². The van der Waals surface area contributed by atoms with E-state index < -0.39 is 17.0 Å². The molecule has 0 aliphatic carbocycles. The summed E-state index contributed by atoms with van der Waals surface area (Å²) in [5.74, 6) is -0.796. The van der Waals surface area contributed by atoms with Crippen LogP contribution in [0.2, 0.25) is 0 Å². The van der Waals surface area contributed by atoms with Crippen LogP contribution in [0.5, 0.6) is 0 Å². The second-order valence-corrected chi connectivity index (χ2v) is 6.81. The SMILES string of the molecule is CCCC1(C(=O)O)CCCN(C(=O)N2CCC(C)(O)C2)C1. The third kappa shape index (κ3) is 3.31. The maximum absolute atomic E-state index is 12.6. The van der Waals surface area contributed by atoms with Gasteiger partial charge in [-0.2, -0.15) is 0 Å². The highest BCUT2D eigenvalue weighted by Crippen LogP contribution is 2.36. The number of piperidine rings is 1. The number of aliphatic hydroxyl groups is 1. The zero-order chi connectivity index (χ0) is 15.7. The fraction of sp³-hybridized carbons (Fsp3) is 0.867. The average Bonchev–Trinajstić information content (AvgIpc) is 2.78. The molecule has 2 saturated heterocycles. The van der Waals surface area contributed by atoms with Gasteiger partial charge in [0.15, 0.2) is 0 Å². The summed E-state index contributed by atoms with van der Waals surface area (Å²) in [7, 11) is 0. The van der Waals surface area contributed by atoms with E-state index in [9.17, 15) is 19.8 Å². The lowest BCUT2D eigenvalue weighted by molar-refractivity contribution is -0.152. The molecular formula is C15H26N2O4. The van der Waals surface area contributed by atoms with Crippen LogP contribution in [0.3, 0.4) is 0 Å². The second kappa shape index (κ2) is 5.83. The van der Waals surface area contributed by atoms with Crippen molar-refractivity contribution in [2.75, 3.05) is 26.2 Å². The number of carboxylic acid groups (broad SMARTS) is 1. The van der Waals surface area contributed by atoms with Crippen molar-refractivity contribution in [1.29, 1.82) is 0 Å². The summed E-state index contributed by atoms with van der Waals surface area (Å²) in [6.45, 7) is 5.47. The molecule has 0 aromatic rings. The van der Waals surface area contributed by atoms with Gasteiger partial charge in [0, 0.05) is 19.6 Å². The minimum Gasteiger partial charge on any atom is -0.481 e. The number of amides is 2. The molecule has 0 radical (unpaired) electrons. The Labute approximate surface area is 125 Å². The van der Waals surface area contributed by atoms with Gasteiger partial charge < -0.3 is 20.0 Å². The summed E-state index contributed by atoms with van der Waals surface area (Å²) in [6, 6.07) is -0.130. The lowest BCUT2D eigenvalue weighted by Crippen LogP contribution is -2.53. The first kappa shape index (κ1) is 16.1. The van der Waals surface area contributed by atoms with E-state index >= 15 is 0 Å². The number of hydrogen-bond acceptors (Lipinski definition) is 3. The zero-order valence-corrected chi connectivity index (χ0v) is 13.0. The van der Waals surface area contributed by atoms with Crippen molar-refractivity contribution in [2.45, 2.75) is 51.6 Å². The third-order valence-electron chi connectivity index (χ3n) is 4.75. The maximum atomic E-state index is 12.6. The molecule has 2 aliphatic rings. The smallest absolute Gasteiger partial charge is 0.320 e. The van der Waals surface area contributed by atoms with Crippen LogP contribution in [0.4, 0.5) is 4.79 Å². The van der Waals surface area contributed by atoms with E-state index in [0.29, 0.717) is 38.9 Å². The lowest BCUT2D eigenvalue weighted by atomic mass is 9.76. The summed E-state index contributed by atoms with van der Waals surface area (Å²) >= 11 is 0. The van der Waals surface area contributed by atoms with Crippen molar-refractivity contribution < 1.29 is 19.8 Å². The zero-order valence-electron chi connectivity index (χ0n) is 13.0. The molecule has 2 atom stereocenters. The molecule has 21 heavy (non-hydrogen) atoms. The van der Waals surface area contributed by atoms with E-state index in [4.69, 9.17) is 0 Å². The van der Waals surface area contributed by atoms with Gasteiger partial charge in [0.25, 0.3) is 0 Å². The van der Waals surface area contributed by atoms with Crippen molar-refractivity contribution in [3.05, 3.63) is 0 Å². The van der Waals surface area contributed by atoms with Gasteiger partial charge in [-0.25, -0.2) is 4.79 Å². The van der Waals surface area contributed by atoms with E-state index in [-0.39, 0.29) is 12.6 Å². The molecule has 2 rings (SSSR count). The molecular weight excluding hydrogens is 272 g/mol. The Morgan fingerprint density at radius 1 is 1.14 bits per heavy atom. The molecule has 120 valence electrons. The van der Waals surface area contributed by atoms with Gasteiger partial charge in [-0.15, -0.1) is 0 Å². The van der Waals surface area contributed by atoms with Crippen LogP contribution in [0, 0.1) is 5.41 Å². The third-order valence-corrected chi connectivity index (χ3v) is 4.75. The molecule has 2 heterocycles. The van der Waals surface area contributed by atoms with E-state index in [0.717, 1.165) is 12.8 Å². The number of hydrogen-bond donors (Lipinski definition) is 2. The molecule has 2 unspecified atom stereocenters. The summed E-state index contributed by atoms with van der Waals surface area (Å²) < 4.78 is 0. The van der Waals surface area contributed by atoms with Crippen LogP contribution < -0.4 is 0 Å². The molecule has 6 nitrogen and oxygen atoms in total. The molecule has 6 heteroatoms. The first-order valence-corrected chi connectivity index (χ1v) is 7.79. The van der Waals surface area contributed by atoms with Crippen molar-refractivity contribution in [3.8, 4) is 0 Å². The first-order chi connectivity index (χ1) is 9.80. The Bertz CT molecular complexity index is 420. The average molecular weight is 298 g/mol. The van der Waals surface area contributed by atoms with E-state index in [1.807, 2.05) is 6.92 Å². The number of carbonyl (C=O) groups is 2. The van der Waals surface area contributed by atoms with Crippen LogP contribution in [0.25, 0.3) is 0 Å². The quantitative estimate of drug-likeness (QED) is 0.828. The number of urea groups is 1. The Hall–Kier alpha value is -1.30. The monoisotopic (exact) mass is 298 g/mol. The van der Waals surface area contributed by atoms with Crippen LogP contribution in [-0.2, 0) is 4.79 Å². The maximum Gasteiger partial charge on any atom is 0.320 e. The molecule has 0 aromatic carbocycles. The van der Waals surface area contributed by atoms with Crippen LogP contribution in [0.1, 0.15) is 46.0 Å². The van der Waals surface area contributed by atoms with Crippen molar-refractivity contribution in [3.63, 3.8) is 0 Å². The van der Waals surface area contributed by atoms with Crippen LogP contribution in [-0.4, -0.2) is 63.8 Å². The normalized spacial score (nSPS) is 33.3. The van der Waals surface area contributed by atoms with Crippen LogP contribution >= 0.6 is 0 Å². The summed E-state index contributed by atoms with van der Waals surface area (Å²) in [5, 5.41) is 19.6. The number of nitrogens with zero attached hydrogens (tertiary/aromatic N) is 2. The molecule has 2 aliphatic heterocycles. The van der Waals surface area contributed by atoms with E-state index in [2.05, 4.69) is 0 Å². The van der Waals surface area contributed by atoms with Crippen molar-refractivity contribution in [2.24, 2.45) is 5.41 Å². The van der Waals surface area contributed by atoms with Gasteiger partial charge >= 0.3 is 12.0 Å². The molecule has 0 bridgehead atoms. The topological polar surface area (TPSA) is 81.1 Å². The molecule has 0 spiro atoms. The number of aliphatic carboxylic acids is 1. The standard InChI is InChI=1S/C15H26N2O4/c1-3-5-15(12(18)19)6-4-8-16(11-15)13(20)17-9-7-14(2,21)10-17/h21H,3-11H2,1-2H3,(H,18,19). The lowest BCUT2D eigenvalue weighted by Gasteiger charge is -2.41. The van der Waals surface area contributed by atoms with Gasteiger partial charge in [0.2, 0.25) is 0 Å². The van der Waals surface area contributed by atoms with Crippen molar-refractivity contribution in [1.82, 2.24) is 9.80 Å². The number of likely N-dealkylation sites (tertiary alicyclic amines) is 2. The highest BCUT2D eigenvalue weighted by molar-refractivity contribution is 5.79. The Morgan fingerprint density at radius 2 is 1.81 bits per heavy atom. The number of carbonyl (C=O) groups excluding carboxylic acids is 1. The largest absolute Gasteiger partial charge is 0.481 e. The van der Waals surface area contributed by atoms with Gasteiger partial charge in [-0.05, 0) is 32.6 Å². The van der Waals surface area contributed by atoms with Gasteiger partial charge in [0.05, 0.1) is 17.6 Å². The Kier molecular flexibility index (Phi) is 4.46. The predicted molar refractivity (Wildman–Crippen MR) is 78.0 cm³/mol. The van der Waals surface area contributed by atoms with Gasteiger partial charge in [-0.3, -0.25) is 4.79 Å². The number of rotatable bonds is 3. The molecule has 0 saturated carbocycles. The summed E-state index contributed by atoms with van der Waals surface area (Å²) in [4.78, 5) is 27.5. The molecule has 0 aromatic heterocycles. The Balaban J connectivity index is 2.06. The second-order valence-electron chi connectivity index (χ2n) is 6.81. The highest BCUT2D eigenvalue weighted by Gasteiger charge is 2.44. The van der Waals surface area contributed by atoms with Crippen molar-refractivity contribution >= 4 is 12.0 Å². The summed E-state index contributed by atoms with van der Waals surface area (Å²) in [5.41, 5.74) is -1.62. The number of carboxylic acids is 1. The van der Waals surface area contributed by atoms with E-state index in [1.54, 1.807) is 16.7 Å². The fourth-order valence-corrected chi connectivity index (χ4v) is 3.57. The molecule has 2 N–H and O–H groups in total. The molecule has 2 amide bonds. The fourth-order valence-electron chi connectivity index (χ4n) is 3.57. The Morgan fingerprint density at radius 3 is 2.33 bits per heavy atom. The van der Waals surface area contributed by atoms with Crippen LogP contribution in [0.15, 0.2) is 0 Å². The highest BCUT2D eigenvalue weighted by atomic mass is 16.4. The van der Waals surface area contributed by atoms with Gasteiger partial charge in [-0.1, -0.05) is 13.3 Å². The first-order valence-electron chi connectivity index (χ1n) is 7.79. The predicted octanol–water partition coefficient (Wildman–Crippen LogP) is 1.53. The minimum absolute atomic E-state index is 0.130. The minimum atomic E-state index is -0.821.